The number of rotatable bonds is 5. The van der Waals surface area contributed by atoms with Gasteiger partial charge in [0.2, 0.25) is 0 Å². The standard InChI is InChI=1S/C18H21N3O4S/c1-3-25-15-6-4-14(5-7-15)20-26(23,24)16-8-9-17-13(12-16)10-11-21(17)18(22)19-2/h4-9,12,20H,3,10-11H2,1-2H3,(H,19,22). The average molecular weight is 375 g/mol. The summed E-state index contributed by atoms with van der Waals surface area (Å²) in [7, 11) is -2.14. The fourth-order valence-electron chi connectivity index (χ4n) is 2.89. The number of nitrogens with zero attached hydrogens (tertiary/aromatic N) is 1. The molecule has 26 heavy (non-hydrogen) atoms. The van der Waals surface area contributed by atoms with Gasteiger partial charge in [-0.2, -0.15) is 0 Å². The number of hydrogen-bond donors (Lipinski definition) is 2. The summed E-state index contributed by atoms with van der Waals surface area (Å²) in [4.78, 5) is 13.6. The number of ether oxygens (including phenoxy) is 1. The molecule has 2 N–H and O–H groups in total. The van der Waals surface area contributed by atoms with E-state index in [4.69, 9.17) is 4.74 Å². The van der Waals surface area contributed by atoms with E-state index < -0.39 is 10.0 Å². The second-order valence-corrected chi connectivity index (χ2v) is 7.49. The minimum absolute atomic E-state index is 0.170. The van der Waals surface area contributed by atoms with Gasteiger partial charge in [-0.3, -0.25) is 9.62 Å². The van der Waals surface area contributed by atoms with Crippen molar-refractivity contribution in [3.63, 3.8) is 0 Å². The van der Waals surface area contributed by atoms with Gasteiger partial charge in [-0.1, -0.05) is 0 Å². The van der Waals surface area contributed by atoms with Gasteiger partial charge in [0, 0.05) is 25.0 Å². The van der Waals surface area contributed by atoms with Gasteiger partial charge in [-0.25, -0.2) is 13.2 Å². The summed E-state index contributed by atoms with van der Waals surface area (Å²) in [5.41, 5.74) is 2.04. The van der Waals surface area contributed by atoms with Gasteiger partial charge in [-0.05, 0) is 61.4 Å². The van der Waals surface area contributed by atoms with Crippen molar-refractivity contribution in [3.8, 4) is 5.75 Å². The molecule has 2 aromatic carbocycles. The maximum absolute atomic E-state index is 12.6. The van der Waals surface area contributed by atoms with Crippen LogP contribution in [0.2, 0.25) is 0 Å². The lowest BCUT2D eigenvalue weighted by molar-refractivity contribution is 0.248. The Morgan fingerprint density at radius 1 is 1.19 bits per heavy atom. The minimum Gasteiger partial charge on any atom is -0.494 e. The quantitative estimate of drug-likeness (QED) is 0.841. The lowest BCUT2D eigenvalue weighted by Gasteiger charge is -2.16. The highest BCUT2D eigenvalue weighted by Crippen LogP contribution is 2.31. The number of anilines is 2. The van der Waals surface area contributed by atoms with Crippen molar-refractivity contribution >= 4 is 27.4 Å². The molecule has 0 aliphatic carbocycles. The Bertz CT molecular complexity index is 911. The molecule has 0 aromatic heterocycles. The number of urea groups is 1. The fraction of sp³-hybridized carbons (Fsp3) is 0.278. The summed E-state index contributed by atoms with van der Waals surface area (Å²) in [6, 6.07) is 11.3. The topological polar surface area (TPSA) is 87.7 Å². The predicted octanol–water partition coefficient (Wildman–Crippen LogP) is 2.59. The van der Waals surface area contributed by atoms with Crippen LogP contribution >= 0.6 is 0 Å². The molecule has 0 unspecified atom stereocenters. The molecule has 1 aliphatic rings. The number of sulfonamides is 1. The number of amides is 2. The molecule has 0 atom stereocenters. The number of fused-ring (bicyclic) bond motifs is 1. The van der Waals surface area contributed by atoms with Gasteiger partial charge in [0.1, 0.15) is 5.75 Å². The molecule has 1 aliphatic heterocycles. The molecule has 0 bridgehead atoms. The summed E-state index contributed by atoms with van der Waals surface area (Å²) >= 11 is 0. The summed E-state index contributed by atoms with van der Waals surface area (Å²) < 4.78 is 33.2. The molecular weight excluding hydrogens is 354 g/mol. The van der Waals surface area contributed by atoms with Crippen LogP contribution in [0.25, 0.3) is 0 Å². The van der Waals surface area contributed by atoms with Crippen LogP contribution in [-0.2, 0) is 16.4 Å². The van der Waals surface area contributed by atoms with Gasteiger partial charge in [-0.15, -0.1) is 0 Å². The molecule has 0 radical (unpaired) electrons. The first-order chi connectivity index (χ1) is 12.4. The Kier molecular flexibility index (Phi) is 5.03. The molecule has 0 saturated heterocycles. The highest BCUT2D eigenvalue weighted by atomic mass is 32.2. The third kappa shape index (κ3) is 3.60. The normalized spacial score (nSPS) is 13.2. The third-order valence-electron chi connectivity index (χ3n) is 4.13. The lowest BCUT2D eigenvalue weighted by Crippen LogP contribution is -2.36. The Balaban J connectivity index is 1.81. The van der Waals surface area contributed by atoms with Crippen LogP contribution in [0.3, 0.4) is 0 Å². The van der Waals surface area contributed by atoms with E-state index in [9.17, 15) is 13.2 Å². The van der Waals surface area contributed by atoms with E-state index in [0.717, 1.165) is 11.3 Å². The van der Waals surface area contributed by atoms with Gasteiger partial charge in [0.15, 0.2) is 0 Å². The van der Waals surface area contributed by atoms with Crippen molar-refractivity contribution in [1.82, 2.24) is 5.32 Å². The number of nitrogens with one attached hydrogen (secondary N) is 2. The van der Waals surface area contributed by atoms with Gasteiger partial charge in [0.25, 0.3) is 10.0 Å². The van der Waals surface area contributed by atoms with Crippen LogP contribution in [0, 0.1) is 0 Å². The van der Waals surface area contributed by atoms with Gasteiger partial charge in [0.05, 0.1) is 11.5 Å². The SMILES string of the molecule is CCOc1ccc(NS(=O)(=O)c2ccc3c(c2)CCN3C(=O)NC)cc1. The first kappa shape index (κ1) is 18.1. The first-order valence-corrected chi connectivity index (χ1v) is 9.81. The molecule has 1 heterocycles. The number of benzene rings is 2. The van der Waals surface area contributed by atoms with E-state index in [2.05, 4.69) is 10.0 Å². The summed E-state index contributed by atoms with van der Waals surface area (Å²) in [6.45, 7) is 2.97. The highest BCUT2D eigenvalue weighted by Gasteiger charge is 2.26. The maximum Gasteiger partial charge on any atom is 0.321 e. The van der Waals surface area contributed by atoms with Crippen LogP contribution < -0.4 is 19.7 Å². The van der Waals surface area contributed by atoms with Crippen molar-refractivity contribution in [2.24, 2.45) is 0 Å². The molecule has 2 aromatic rings. The molecule has 0 saturated carbocycles. The number of hydrogen-bond acceptors (Lipinski definition) is 4. The highest BCUT2D eigenvalue weighted by molar-refractivity contribution is 7.92. The van der Waals surface area contributed by atoms with E-state index in [0.29, 0.717) is 31.0 Å². The number of carbonyl (C=O) groups is 1. The summed E-state index contributed by atoms with van der Waals surface area (Å²) in [5.74, 6) is 0.683. The maximum atomic E-state index is 12.6. The van der Waals surface area contributed by atoms with Crippen LogP contribution in [0.1, 0.15) is 12.5 Å². The van der Waals surface area contributed by atoms with Crippen LogP contribution in [0.4, 0.5) is 16.2 Å². The van der Waals surface area contributed by atoms with Crippen LogP contribution in [0.15, 0.2) is 47.4 Å². The van der Waals surface area contributed by atoms with Crippen molar-refractivity contribution in [1.29, 1.82) is 0 Å². The van der Waals surface area contributed by atoms with E-state index in [-0.39, 0.29) is 10.9 Å². The Morgan fingerprint density at radius 2 is 1.92 bits per heavy atom. The largest absolute Gasteiger partial charge is 0.494 e. The lowest BCUT2D eigenvalue weighted by atomic mass is 10.2. The van der Waals surface area contributed by atoms with E-state index in [1.165, 1.54) is 6.07 Å². The molecule has 3 rings (SSSR count). The molecule has 0 spiro atoms. The predicted molar refractivity (Wildman–Crippen MR) is 100 cm³/mol. The molecule has 8 heteroatoms. The zero-order chi connectivity index (χ0) is 18.7. The van der Waals surface area contributed by atoms with E-state index in [1.54, 1.807) is 48.3 Å². The van der Waals surface area contributed by atoms with Crippen LogP contribution in [0.5, 0.6) is 5.75 Å². The van der Waals surface area contributed by atoms with Crippen molar-refractivity contribution < 1.29 is 17.9 Å². The monoisotopic (exact) mass is 375 g/mol. The fourth-order valence-corrected chi connectivity index (χ4v) is 4.00. The first-order valence-electron chi connectivity index (χ1n) is 8.32. The van der Waals surface area contributed by atoms with Gasteiger partial charge < -0.3 is 10.1 Å². The molecule has 2 amide bonds. The van der Waals surface area contributed by atoms with Crippen molar-refractivity contribution in [3.05, 3.63) is 48.0 Å². The van der Waals surface area contributed by atoms with Gasteiger partial charge >= 0.3 is 6.03 Å². The smallest absolute Gasteiger partial charge is 0.321 e. The zero-order valence-electron chi connectivity index (χ0n) is 14.7. The van der Waals surface area contributed by atoms with Crippen LogP contribution in [-0.4, -0.2) is 34.6 Å². The van der Waals surface area contributed by atoms with E-state index in [1.807, 2.05) is 6.92 Å². The summed E-state index contributed by atoms with van der Waals surface area (Å²) in [6.07, 6.45) is 0.620. The molecule has 0 fully saturated rings. The average Bonchev–Trinajstić information content (AvgIpc) is 3.06. The zero-order valence-corrected chi connectivity index (χ0v) is 15.5. The van der Waals surface area contributed by atoms with E-state index >= 15 is 0 Å². The second kappa shape index (κ2) is 7.25. The summed E-state index contributed by atoms with van der Waals surface area (Å²) in [5, 5.41) is 2.58. The third-order valence-corrected chi connectivity index (χ3v) is 5.51. The van der Waals surface area contributed by atoms with Crippen molar-refractivity contribution in [2.45, 2.75) is 18.2 Å². The molecule has 7 nitrogen and oxygen atoms in total. The molecule has 138 valence electrons. The number of carbonyl (C=O) groups excluding carboxylic acids is 1. The Morgan fingerprint density at radius 3 is 2.58 bits per heavy atom. The Labute approximate surface area is 153 Å². The molecular formula is C18H21N3O4S. The second-order valence-electron chi connectivity index (χ2n) is 5.81. The minimum atomic E-state index is -3.71. The van der Waals surface area contributed by atoms with Crippen molar-refractivity contribution in [2.75, 3.05) is 29.8 Å². The Hall–Kier alpha value is -2.74.